The fourth-order valence-electron chi connectivity index (χ4n) is 3.17. The molecule has 1 unspecified atom stereocenters. The van der Waals surface area contributed by atoms with Crippen molar-refractivity contribution in [2.24, 2.45) is 0 Å². The number of nitrogens with zero attached hydrogens (tertiary/aromatic N) is 1. The van der Waals surface area contributed by atoms with Gasteiger partial charge in [-0.1, -0.05) is 18.2 Å². The third-order valence-corrected chi connectivity index (χ3v) is 4.74. The molecular formula is C22H27NO5. The summed E-state index contributed by atoms with van der Waals surface area (Å²) in [5, 5.41) is 8.80. The number of likely N-dealkylation sites (N-methyl/N-ethyl adjacent to an activating group) is 1. The van der Waals surface area contributed by atoms with Gasteiger partial charge in [0.15, 0.2) is 6.61 Å². The molecule has 6 nitrogen and oxygen atoms in total. The number of hydrogen-bond donors (Lipinski definition) is 1. The molecule has 0 bridgehead atoms. The van der Waals surface area contributed by atoms with E-state index < -0.39 is 12.6 Å². The van der Waals surface area contributed by atoms with E-state index in [4.69, 9.17) is 14.6 Å². The van der Waals surface area contributed by atoms with Gasteiger partial charge in [0.05, 0.1) is 7.11 Å². The van der Waals surface area contributed by atoms with Crippen LogP contribution in [0.3, 0.4) is 0 Å². The molecular weight excluding hydrogens is 358 g/mol. The van der Waals surface area contributed by atoms with E-state index in [1.54, 1.807) is 45.0 Å². The van der Waals surface area contributed by atoms with Crippen LogP contribution in [0, 0.1) is 13.8 Å². The van der Waals surface area contributed by atoms with E-state index in [1.165, 1.54) is 0 Å². The van der Waals surface area contributed by atoms with E-state index in [2.05, 4.69) is 0 Å². The molecule has 0 spiro atoms. The van der Waals surface area contributed by atoms with Crippen LogP contribution in [-0.4, -0.2) is 48.7 Å². The zero-order chi connectivity index (χ0) is 20.8. The van der Waals surface area contributed by atoms with Crippen LogP contribution < -0.4 is 9.47 Å². The molecule has 0 aromatic heterocycles. The number of carboxylic acid groups (broad SMARTS) is 1. The number of rotatable bonds is 8. The maximum Gasteiger partial charge on any atom is 0.341 e. The standard InChI is InChI=1S/C22H27NO5/c1-14-10-18(11-15(2)21(14)28-13-20(24)25)22(26)23(4)16(3)12-17-8-6-7-9-19(17)27-5/h6-11,16H,12-13H2,1-5H3,(H,24,25). The summed E-state index contributed by atoms with van der Waals surface area (Å²) in [6.45, 7) is 5.19. The van der Waals surface area contributed by atoms with Crippen molar-refractivity contribution in [1.82, 2.24) is 4.90 Å². The number of ether oxygens (including phenoxy) is 2. The number of amides is 1. The van der Waals surface area contributed by atoms with E-state index in [9.17, 15) is 9.59 Å². The Morgan fingerprint density at radius 2 is 1.75 bits per heavy atom. The first-order valence-corrected chi connectivity index (χ1v) is 9.09. The van der Waals surface area contributed by atoms with E-state index in [0.717, 1.165) is 22.4 Å². The molecule has 0 aliphatic rings. The van der Waals surface area contributed by atoms with Gasteiger partial charge in [-0.25, -0.2) is 4.79 Å². The number of para-hydroxylation sites is 1. The highest BCUT2D eigenvalue weighted by Crippen LogP contribution is 2.26. The van der Waals surface area contributed by atoms with Crippen molar-refractivity contribution < 1.29 is 24.2 Å². The molecule has 0 saturated heterocycles. The molecule has 0 saturated carbocycles. The van der Waals surface area contributed by atoms with E-state index >= 15 is 0 Å². The van der Waals surface area contributed by atoms with Gasteiger partial charge >= 0.3 is 5.97 Å². The van der Waals surface area contributed by atoms with Crippen LogP contribution in [-0.2, 0) is 11.2 Å². The topological polar surface area (TPSA) is 76.1 Å². The first-order chi connectivity index (χ1) is 13.2. The molecule has 0 heterocycles. The highest BCUT2D eigenvalue weighted by molar-refractivity contribution is 5.95. The summed E-state index contributed by atoms with van der Waals surface area (Å²) < 4.78 is 10.7. The van der Waals surface area contributed by atoms with Crippen LogP contribution in [0.15, 0.2) is 36.4 Å². The molecule has 0 fully saturated rings. The minimum Gasteiger partial charge on any atom is -0.496 e. The maximum absolute atomic E-state index is 13.0. The Kier molecular flexibility index (Phi) is 7.04. The van der Waals surface area contributed by atoms with Crippen LogP contribution >= 0.6 is 0 Å². The molecule has 0 aliphatic carbocycles. The van der Waals surface area contributed by atoms with Gasteiger partial charge in [-0.05, 0) is 62.1 Å². The van der Waals surface area contributed by atoms with Crippen molar-refractivity contribution in [2.45, 2.75) is 33.2 Å². The summed E-state index contributed by atoms with van der Waals surface area (Å²) in [5.74, 6) is 0.174. The van der Waals surface area contributed by atoms with E-state index in [1.807, 2.05) is 31.2 Å². The second-order valence-electron chi connectivity index (χ2n) is 6.90. The molecule has 6 heteroatoms. The van der Waals surface area contributed by atoms with Crippen LogP contribution in [0.5, 0.6) is 11.5 Å². The lowest BCUT2D eigenvalue weighted by atomic mass is 10.0. The van der Waals surface area contributed by atoms with Gasteiger partial charge in [-0.2, -0.15) is 0 Å². The van der Waals surface area contributed by atoms with Gasteiger partial charge in [0, 0.05) is 18.7 Å². The van der Waals surface area contributed by atoms with Gasteiger partial charge in [-0.15, -0.1) is 0 Å². The lowest BCUT2D eigenvalue weighted by molar-refractivity contribution is -0.139. The Bertz CT molecular complexity index is 839. The zero-order valence-corrected chi connectivity index (χ0v) is 17.0. The number of methoxy groups -OCH3 is 1. The first kappa shape index (κ1) is 21.3. The Balaban J connectivity index is 2.16. The van der Waals surface area contributed by atoms with Gasteiger partial charge in [0.25, 0.3) is 5.91 Å². The summed E-state index contributed by atoms with van der Waals surface area (Å²) in [5.41, 5.74) is 3.06. The van der Waals surface area contributed by atoms with Gasteiger partial charge in [-0.3, -0.25) is 4.79 Å². The smallest absolute Gasteiger partial charge is 0.341 e. The molecule has 0 radical (unpaired) electrons. The molecule has 1 N–H and O–H groups in total. The lowest BCUT2D eigenvalue weighted by Crippen LogP contribution is -2.36. The molecule has 0 aliphatic heterocycles. The molecule has 28 heavy (non-hydrogen) atoms. The average molecular weight is 385 g/mol. The predicted octanol–water partition coefficient (Wildman–Crippen LogP) is 3.48. The number of carbonyl (C=O) groups excluding carboxylic acids is 1. The average Bonchev–Trinajstić information content (AvgIpc) is 2.66. The second-order valence-corrected chi connectivity index (χ2v) is 6.90. The van der Waals surface area contributed by atoms with Gasteiger partial charge < -0.3 is 19.5 Å². The summed E-state index contributed by atoms with van der Waals surface area (Å²) in [4.78, 5) is 25.4. The predicted molar refractivity (Wildman–Crippen MR) is 107 cm³/mol. The number of aryl methyl sites for hydroxylation is 2. The number of carboxylic acids is 1. The van der Waals surface area contributed by atoms with Crippen molar-refractivity contribution >= 4 is 11.9 Å². The quantitative estimate of drug-likeness (QED) is 0.753. The fourth-order valence-corrected chi connectivity index (χ4v) is 3.17. The highest BCUT2D eigenvalue weighted by atomic mass is 16.5. The fraction of sp³-hybridized carbons (Fsp3) is 0.364. The van der Waals surface area contributed by atoms with Crippen LogP contribution in [0.4, 0.5) is 0 Å². The number of aliphatic carboxylic acids is 1. The molecule has 2 aromatic rings. The van der Waals surface area contributed by atoms with E-state index in [-0.39, 0.29) is 11.9 Å². The monoisotopic (exact) mass is 385 g/mol. The van der Waals surface area contributed by atoms with Gasteiger partial charge in [0.2, 0.25) is 0 Å². The number of carbonyl (C=O) groups is 2. The number of benzene rings is 2. The Labute approximate surface area is 165 Å². The van der Waals surface area contributed by atoms with Crippen molar-refractivity contribution in [1.29, 1.82) is 0 Å². The highest BCUT2D eigenvalue weighted by Gasteiger charge is 2.21. The first-order valence-electron chi connectivity index (χ1n) is 9.09. The minimum absolute atomic E-state index is 0.0349. The Morgan fingerprint density at radius 1 is 1.14 bits per heavy atom. The molecule has 2 aromatic carbocycles. The third kappa shape index (κ3) is 5.03. The minimum atomic E-state index is -1.04. The molecule has 2 rings (SSSR count). The van der Waals surface area contributed by atoms with Crippen molar-refractivity contribution in [3.63, 3.8) is 0 Å². The maximum atomic E-state index is 13.0. The summed E-state index contributed by atoms with van der Waals surface area (Å²) in [6.07, 6.45) is 0.671. The Hall–Kier alpha value is -3.02. The summed E-state index contributed by atoms with van der Waals surface area (Å²) >= 11 is 0. The second kappa shape index (κ2) is 9.26. The zero-order valence-electron chi connectivity index (χ0n) is 17.0. The molecule has 1 atom stereocenters. The summed E-state index contributed by atoms with van der Waals surface area (Å²) in [6, 6.07) is 11.2. The largest absolute Gasteiger partial charge is 0.496 e. The molecule has 150 valence electrons. The Morgan fingerprint density at radius 3 is 2.32 bits per heavy atom. The SMILES string of the molecule is COc1ccccc1CC(C)N(C)C(=O)c1cc(C)c(OCC(=O)O)c(C)c1. The normalized spacial score (nSPS) is 11.6. The summed E-state index contributed by atoms with van der Waals surface area (Å²) in [7, 11) is 3.42. The van der Waals surface area contributed by atoms with Crippen LogP contribution in [0.25, 0.3) is 0 Å². The van der Waals surface area contributed by atoms with Crippen LogP contribution in [0.1, 0.15) is 34.0 Å². The van der Waals surface area contributed by atoms with E-state index in [0.29, 0.717) is 17.7 Å². The number of hydrogen-bond acceptors (Lipinski definition) is 4. The van der Waals surface area contributed by atoms with Crippen molar-refractivity contribution in [3.8, 4) is 11.5 Å². The third-order valence-electron chi connectivity index (χ3n) is 4.74. The van der Waals surface area contributed by atoms with Crippen LogP contribution in [0.2, 0.25) is 0 Å². The van der Waals surface area contributed by atoms with Crippen molar-refractivity contribution in [3.05, 3.63) is 58.7 Å². The molecule has 1 amide bonds. The lowest BCUT2D eigenvalue weighted by Gasteiger charge is -2.26. The van der Waals surface area contributed by atoms with Crippen molar-refractivity contribution in [2.75, 3.05) is 20.8 Å². The van der Waals surface area contributed by atoms with Gasteiger partial charge in [0.1, 0.15) is 11.5 Å².